The third kappa shape index (κ3) is 29.1. The molecule has 40 heavy (non-hydrogen) atoms. The number of nitrogens with two attached hydrogens (primary N) is 1. The van der Waals surface area contributed by atoms with Gasteiger partial charge in [0.15, 0.2) is 0 Å². The summed E-state index contributed by atoms with van der Waals surface area (Å²) in [7, 11) is -13.8. The number of carbonyl (C=O) groups excluding carboxylic acids is 3. The molecule has 20 heteroatoms. The minimum Gasteiger partial charge on any atom is -0.274 e. The van der Waals surface area contributed by atoms with Crippen molar-refractivity contribution in [2.45, 2.75) is 79.6 Å². The molecule has 0 bridgehead atoms. The van der Waals surface area contributed by atoms with E-state index in [0.29, 0.717) is 12.8 Å². The van der Waals surface area contributed by atoms with Crippen molar-refractivity contribution in [2.24, 2.45) is 22.9 Å². The predicted molar refractivity (Wildman–Crippen MR) is 150 cm³/mol. The monoisotopic (exact) mass is 660 g/mol. The van der Waals surface area contributed by atoms with Crippen LogP contribution >= 0.6 is 0 Å². The van der Waals surface area contributed by atoms with Crippen molar-refractivity contribution in [3.8, 4) is 0 Å². The molecule has 0 spiro atoms. The van der Waals surface area contributed by atoms with E-state index >= 15 is 0 Å². The van der Waals surface area contributed by atoms with Gasteiger partial charge in [-0.25, -0.2) is 30.4 Å². The summed E-state index contributed by atoms with van der Waals surface area (Å²) < 4.78 is 93.9. The zero-order valence-electron chi connectivity index (χ0n) is 24.4. The molecule has 1 saturated carbocycles. The zero-order chi connectivity index (χ0) is 32.9. The van der Waals surface area contributed by atoms with E-state index in [1.807, 2.05) is 9.44 Å². The first-order valence-electron chi connectivity index (χ1n) is 11.8. The van der Waals surface area contributed by atoms with Gasteiger partial charge in [-0.15, -0.1) is 0 Å². The molecule has 0 aromatic carbocycles. The van der Waals surface area contributed by atoms with Gasteiger partial charge < -0.3 is 0 Å². The Kier molecular flexibility index (Phi) is 19.0. The Morgan fingerprint density at radius 1 is 0.625 bits per heavy atom. The highest BCUT2D eigenvalue weighted by Gasteiger charge is 2.37. The number of nitrogens with one attached hydrogen (secondary N) is 3. The lowest BCUT2D eigenvalue weighted by atomic mass is 10.2. The van der Waals surface area contributed by atoms with E-state index in [9.17, 15) is 48.1 Å². The van der Waals surface area contributed by atoms with Crippen LogP contribution in [0, 0.1) is 17.8 Å². The van der Waals surface area contributed by atoms with Gasteiger partial charge in [0.1, 0.15) is 0 Å². The second-order valence-electron chi connectivity index (χ2n) is 9.79. The van der Waals surface area contributed by atoms with Crippen LogP contribution in [0.25, 0.3) is 0 Å². The molecule has 240 valence electrons. The van der Waals surface area contributed by atoms with Crippen LogP contribution < -0.4 is 19.3 Å². The maximum Gasteiger partial charge on any atom is 0.333 e. The molecule has 0 heterocycles. The van der Waals surface area contributed by atoms with Gasteiger partial charge in [-0.1, -0.05) is 41.5 Å². The number of hydrogen-bond acceptors (Lipinski definition) is 12. The number of sulfonamides is 3. The van der Waals surface area contributed by atoms with Gasteiger partial charge in [0.2, 0.25) is 47.8 Å². The molecular weight excluding hydrogens is 617 g/mol. The molecule has 0 unspecified atom stereocenters. The largest absolute Gasteiger partial charge is 0.333 e. The van der Waals surface area contributed by atoms with E-state index < -0.39 is 58.1 Å². The molecule has 0 radical (unpaired) electrons. The van der Waals surface area contributed by atoms with Crippen molar-refractivity contribution in [2.75, 3.05) is 12.5 Å². The van der Waals surface area contributed by atoms with Gasteiger partial charge >= 0.3 is 10.3 Å². The van der Waals surface area contributed by atoms with E-state index in [4.69, 9.17) is 0 Å². The minimum absolute atomic E-state index is 0.279. The van der Waals surface area contributed by atoms with Crippen LogP contribution in [0.1, 0.15) is 68.2 Å². The van der Waals surface area contributed by atoms with Crippen molar-refractivity contribution < 1.29 is 52.2 Å². The van der Waals surface area contributed by atoms with Crippen LogP contribution in [0.3, 0.4) is 0 Å². The van der Waals surface area contributed by atoms with Crippen LogP contribution in [0.15, 0.2) is 0 Å². The fourth-order valence-electron chi connectivity index (χ4n) is 1.59. The van der Waals surface area contributed by atoms with Gasteiger partial charge in [0.05, 0.1) is 23.9 Å². The van der Waals surface area contributed by atoms with E-state index in [-0.39, 0.29) is 29.1 Å². The second-order valence-corrected chi connectivity index (χ2v) is 16.4. The second kappa shape index (κ2) is 17.8. The van der Waals surface area contributed by atoms with Crippen LogP contribution in [-0.2, 0) is 58.9 Å². The summed E-state index contributed by atoms with van der Waals surface area (Å²) in [6.45, 7) is 13.0. The molecule has 1 aliphatic rings. The highest BCUT2D eigenvalue weighted by Crippen LogP contribution is 2.27. The van der Waals surface area contributed by atoms with Gasteiger partial charge in [0, 0.05) is 17.8 Å². The van der Waals surface area contributed by atoms with Gasteiger partial charge in [-0.2, -0.15) is 8.42 Å². The molecule has 16 nitrogen and oxygen atoms in total. The fraction of sp³-hybridized carbons (Fsp3) is 0.850. The Morgan fingerprint density at radius 3 is 1.02 bits per heavy atom. The van der Waals surface area contributed by atoms with Crippen molar-refractivity contribution in [1.29, 1.82) is 0 Å². The average molecular weight is 661 g/mol. The molecule has 1 fully saturated rings. The molecule has 0 saturated heterocycles. The van der Waals surface area contributed by atoms with Crippen molar-refractivity contribution in [1.82, 2.24) is 14.2 Å². The summed E-state index contributed by atoms with van der Waals surface area (Å²) >= 11 is 0. The van der Waals surface area contributed by atoms with Gasteiger partial charge in [-0.3, -0.25) is 32.7 Å². The SMILES string of the molecule is CC(C)C(=O)NS(=O)(=O)C1CC1.CC(C)C(=O)NS(C)(=O)=O.CC(C)C(=O)NS(C)(=O)=O.CC(C)OS(N)(=O)=O. The summed E-state index contributed by atoms with van der Waals surface area (Å²) in [6, 6.07) is 0. The molecule has 0 atom stereocenters. The maximum atomic E-state index is 11.2. The molecule has 0 aromatic rings. The summed E-state index contributed by atoms with van der Waals surface area (Å²) in [5.41, 5.74) is 0. The first-order valence-corrected chi connectivity index (χ1v) is 18.6. The number of amides is 3. The first-order chi connectivity index (χ1) is 17.5. The van der Waals surface area contributed by atoms with E-state index in [1.54, 1.807) is 55.4 Å². The topological polar surface area (TPSA) is 259 Å². The first kappa shape index (κ1) is 42.6. The predicted octanol–water partition coefficient (Wildman–Crippen LogP) is -0.698. The van der Waals surface area contributed by atoms with E-state index in [2.05, 4.69) is 14.0 Å². The fourth-order valence-corrected chi connectivity index (χ4v) is 4.77. The van der Waals surface area contributed by atoms with Gasteiger partial charge in [-0.05, 0) is 26.7 Å². The highest BCUT2D eigenvalue weighted by molar-refractivity contribution is 7.91. The number of carbonyl (C=O) groups is 3. The highest BCUT2D eigenvalue weighted by atomic mass is 32.2. The third-order valence-electron chi connectivity index (χ3n) is 3.68. The van der Waals surface area contributed by atoms with Crippen LogP contribution in [0.2, 0.25) is 0 Å². The van der Waals surface area contributed by atoms with Gasteiger partial charge in [0.25, 0.3) is 0 Å². The molecule has 1 rings (SSSR count). The summed E-state index contributed by atoms with van der Waals surface area (Å²) in [5.74, 6) is -2.23. The lowest BCUT2D eigenvalue weighted by molar-refractivity contribution is -0.123. The summed E-state index contributed by atoms with van der Waals surface area (Å²) in [5, 5.41) is 4.17. The molecular formula is C20H44N4O12S4. The minimum atomic E-state index is -3.72. The molecule has 5 N–H and O–H groups in total. The van der Waals surface area contributed by atoms with E-state index in [0.717, 1.165) is 12.5 Å². The van der Waals surface area contributed by atoms with Crippen LogP contribution in [-0.4, -0.2) is 75.3 Å². The zero-order valence-corrected chi connectivity index (χ0v) is 27.7. The molecule has 0 aliphatic heterocycles. The lowest BCUT2D eigenvalue weighted by Gasteiger charge is -2.06. The summed E-state index contributed by atoms with van der Waals surface area (Å²) in [6.07, 6.45) is 2.90. The smallest absolute Gasteiger partial charge is 0.274 e. The maximum absolute atomic E-state index is 11.2. The summed E-state index contributed by atoms with van der Waals surface area (Å²) in [4.78, 5) is 32.3. The Bertz CT molecular complexity index is 1200. The normalized spacial score (nSPS) is 13.7. The van der Waals surface area contributed by atoms with Crippen molar-refractivity contribution in [3.05, 3.63) is 0 Å². The Morgan fingerprint density at radius 2 is 0.900 bits per heavy atom. The Labute approximate surface area is 239 Å². The van der Waals surface area contributed by atoms with Crippen molar-refractivity contribution in [3.63, 3.8) is 0 Å². The third-order valence-corrected chi connectivity index (χ3v) is 7.31. The van der Waals surface area contributed by atoms with Crippen LogP contribution in [0.4, 0.5) is 0 Å². The lowest BCUT2D eigenvalue weighted by Crippen LogP contribution is -2.35. The quantitative estimate of drug-likeness (QED) is 0.239. The Hall–Kier alpha value is -1.87. The van der Waals surface area contributed by atoms with Crippen LogP contribution in [0.5, 0.6) is 0 Å². The average Bonchev–Trinajstić information content (AvgIpc) is 3.50. The Balaban J connectivity index is -0.000000462. The number of hydrogen-bond donors (Lipinski definition) is 4. The molecule has 0 aromatic heterocycles. The molecule has 1 aliphatic carbocycles. The van der Waals surface area contributed by atoms with E-state index in [1.165, 1.54) is 0 Å². The molecule has 3 amide bonds. The number of rotatable bonds is 9. The van der Waals surface area contributed by atoms with Crippen molar-refractivity contribution >= 4 is 58.1 Å². The standard InChI is InChI=1S/C7H13NO3S.2C5H11NO3S.C3H9NO3S/c1-5(2)7(9)8-12(10,11)6-3-4-6;2*1-4(2)5(7)6-10(3,8)9;1-3(2)7-8(4,5)6/h5-6H,3-4H2,1-2H3,(H,8,9);2*4H,1-3H3,(H,6,7);3H,1-2H3,(H2,4,5,6).